The van der Waals surface area contributed by atoms with Gasteiger partial charge in [-0.25, -0.2) is 0 Å². The highest BCUT2D eigenvalue weighted by atomic mass is 14.7. The fourth-order valence-corrected chi connectivity index (χ4v) is 2.59. The van der Waals surface area contributed by atoms with E-state index in [1.54, 1.807) is 0 Å². The van der Waals surface area contributed by atoms with Gasteiger partial charge < -0.3 is 0 Å². The largest absolute Gasteiger partial charge is 0.256 e. The van der Waals surface area contributed by atoms with Crippen LogP contribution >= 0.6 is 0 Å². The summed E-state index contributed by atoms with van der Waals surface area (Å²) in [6, 6.07) is 26.9. The molecule has 0 N–H and O–H groups in total. The van der Waals surface area contributed by atoms with Gasteiger partial charge in [0, 0.05) is 6.21 Å². The number of nitrogens with zero attached hydrogens (tertiary/aromatic N) is 1. The van der Waals surface area contributed by atoms with Crippen molar-refractivity contribution in [1.82, 2.24) is 0 Å². The highest BCUT2D eigenvalue weighted by molar-refractivity contribution is 5.82. The topological polar surface area (TPSA) is 12.4 Å². The van der Waals surface area contributed by atoms with Gasteiger partial charge in [0.1, 0.15) is 0 Å². The second kappa shape index (κ2) is 7.56. The lowest BCUT2D eigenvalue weighted by Gasteiger charge is -2.08. The highest BCUT2D eigenvalue weighted by Crippen LogP contribution is 2.25. The molecular weight excluding hydrogens is 290 g/mol. The Morgan fingerprint density at radius 3 is 2.29 bits per heavy atom. The molecule has 0 amide bonds. The van der Waals surface area contributed by atoms with Crippen molar-refractivity contribution in [3.8, 4) is 0 Å². The molecule has 24 heavy (non-hydrogen) atoms. The third-order valence-electron chi connectivity index (χ3n) is 4.01. The first-order valence-corrected chi connectivity index (χ1v) is 8.14. The van der Waals surface area contributed by atoms with Crippen LogP contribution < -0.4 is 0 Å². The van der Waals surface area contributed by atoms with Crippen LogP contribution in [0, 0.1) is 6.92 Å². The lowest BCUT2D eigenvalue weighted by molar-refractivity contribution is 1.27. The summed E-state index contributed by atoms with van der Waals surface area (Å²) in [5, 5.41) is 0. The van der Waals surface area contributed by atoms with Crippen molar-refractivity contribution in [2.45, 2.75) is 13.3 Å². The van der Waals surface area contributed by atoms with E-state index in [1.807, 2.05) is 30.5 Å². The number of rotatable bonds is 5. The molecule has 0 unspecified atom stereocenters. The van der Waals surface area contributed by atoms with E-state index in [0.29, 0.717) is 0 Å². The van der Waals surface area contributed by atoms with Crippen molar-refractivity contribution in [2.24, 2.45) is 4.99 Å². The summed E-state index contributed by atoms with van der Waals surface area (Å²) in [4.78, 5) is 4.69. The highest BCUT2D eigenvalue weighted by Gasteiger charge is 2.04. The average molecular weight is 311 g/mol. The minimum absolute atomic E-state index is 0.797. The molecule has 1 heteroatoms. The SMILES string of the molecule is C=C(Cc1ccccc1N=Cc1ccc(C)cc1)c1ccccc1. The molecule has 0 fully saturated rings. The molecular formula is C23H21N. The van der Waals surface area contributed by atoms with Crippen molar-refractivity contribution in [3.05, 3.63) is 108 Å². The van der Waals surface area contributed by atoms with E-state index in [1.165, 1.54) is 16.7 Å². The number of para-hydroxylation sites is 1. The molecule has 118 valence electrons. The average Bonchev–Trinajstić information content (AvgIpc) is 2.63. The fourth-order valence-electron chi connectivity index (χ4n) is 2.59. The van der Waals surface area contributed by atoms with Crippen LogP contribution in [0.2, 0.25) is 0 Å². The smallest absolute Gasteiger partial charge is 0.0665 e. The molecule has 0 saturated carbocycles. The van der Waals surface area contributed by atoms with Crippen LogP contribution in [0.25, 0.3) is 5.57 Å². The molecule has 3 aromatic rings. The first-order chi connectivity index (χ1) is 11.7. The molecule has 0 bridgehead atoms. The van der Waals surface area contributed by atoms with Gasteiger partial charge in [0.2, 0.25) is 0 Å². The van der Waals surface area contributed by atoms with Crippen LogP contribution in [0.4, 0.5) is 5.69 Å². The first-order valence-electron chi connectivity index (χ1n) is 8.14. The monoisotopic (exact) mass is 311 g/mol. The maximum absolute atomic E-state index is 4.69. The second-order valence-corrected chi connectivity index (χ2v) is 5.94. The Morgan fingerprint density at radius 1 is 0.875 bits per heavy atom. The molecule has 3 aromatic carbocycles. The third-order valence-corrected chi connectivity index (χ3v) is 4.01. The predicted molar refractivity (Wildman–Crippen MR) is 104 cm³/mol. The minimum Gasteiger partial charge on any atom is -0.256 e. The van der Waals surface area contributed by atoms with E-state index in [2.05, 4.69) is 73.1 Å². The van der Waals surface area contributed by atoms with Crippen LogP contribution in [0.5, 0.6) is 0 Å². The van der Waals surface area contributed by atoms with Crippen molar-refractivity contribution in [1.29, 1.82) is 0 Å². The Hall–Kier alpha value is -2.93. The summed E-state index contributed by atoms with van der Waals surface area (Å²) in [6.07, 6.45) is 2.72. The van der Waals surface area contributed by atoms with Crippen LogP contribution in [0.15, 0.2) is 90.4 Å². The lowest BCUT2D eigenvalue weighted by Crippen LogP contribution is -1.90. The van der Waals surface area contributed by atoms with E-state index < -0.39 is 0 Å². The van der Waals surface area contributed by atoms with Gasteiger partial charge in [0.15, 0.2) is 0 Å². The van der Waals surface area contributed by atoms with Crippen molar-refractivity contribution < 1.29 is 0 Å². The maximum atomic E-state index is 4.69. The predicted octanol–water partition coefficient (Wildman–Crippen LogP) is 6.00. The number of hydrogen-bond acceptors (Lipinski definition) is 1. The number of aliphatic imine (C=N–C) groups is 1. The summed E-state index contributed by atoms with van der Waals surface area (Å²) >= 11 is 0. The Kier molecular flexibility index (Phi) is 5.02. The Morgan fingerprint density at radius 2 is 1.54 bits per heavy atom. The van der Waals surface area contributed by atoms with Gasteiger partial charge in [0.25, 0.3) is 0 Å². The summed E-state index contributed by atoms with van der Waals surface area (Å²) < 4.78 is 0. The zero-order chi connectivity index (χ0) is 16.8. The van der Waals surface area contributed by atoms with Gasteiger partial charge in [-0.05, 0) is 41.7 Å². The second-order valence-electron chi connectivity index (χ2n) is 5.94. The van der Waals surface area contributed by atoms with Crippen LogP contribution in [-0.4, -0.2) is 6.21 Å². The summed E-state index contributed by atoms with van der Waals surface area (Å²) in [5.74, 6) is 0. The Bertz CT molecular complexity index is 843. The molecule has 0 aliphatic rings. The number of benzene rings is 3. The molecule has 0 aromatic heterocycles. The standard InChI is InChI=1S/C23H21N/c1-18-12-14-20(15-13-18)17-24-23-11-7-6-10-22(23)16-19(2)21-8-4-3-5-9-21/h3-15,17H,2,16H2,1H3. The third kappa shape index (κ3) is 4.08. The summed E-state index contributed by atoms with van der Waals surface area (Å²) in [6.45, 7) is 6.33. The maximum Gasteiger partial charge on any atom is 0.0665 e. The lowest BCUT2D eigenvalue weighted by atomic mass is 9.99. The van der Waals surface area contributed by atoms with Gasteiger partial charge in [-0.2, -0.15) is 0 Å². The zero-order valence-electron chi connectivity index (χ0n) is 13.9. The number of aryl methyl sites for hydroxylation is 1. The molecule has 0 radical (unpaired) electrons. The Labute approximate surface area is 144 Å². The molecule has 0 saturated heterocycles. The van der Waals surface area contributed by atoms with Crippen LogP contribution in [-0.2, 0) is 6.42 Å². The normalized spacial score (nSPS) is 10.9. The summed E-state index contributed by atoms with van der Waals surface area (Å²) in [5.41, 5.74) is 6.83. The quantitative estimate of drug-likeness (QED) is 0.512. The molecule has 1 nitrogen and oxygen atoms in total. The summed E-state index contributed by atoms with van der Waals surface area (Å²) in [7, 11) is 0. The fraction of sp³-hybridized carbons (Fsp3) is 0.0870. The van der Waals surface area contributed by atoms with E-state index in [-0.39, 0.29) is 0 Å². The number of allylic oxidation sites excluding steroid dienone is 1. The zero-order valence-corrected chi connectivity index (χ0v) is 13.9. The van der Waals surface area contributed by atoms with Crippen molar-refractivity contribution >= 4 is 17.5 Å². The molecule has 0 aliphatic carbocycles. The van der Waals surface area contributed by atoms with Gasteiger partial charge in [-0.15, -0.1) is 0 Å². The van der Waals surface area contributed by atoms with Gasteiger partial charge in [-0.1, -0.05) is 84.9 Å². The molecule has 0 heterocycles. The van der Waals surface area contributed by atoms with Crippen LogP contribution in [0.1, 0.15) is 22.3 Å². The van der Waals surface area contributed by atoms with Gasteiger partial charge in [-0.3, -0.25) is 4.99 Å². The minimum atomic E-state index is 0.797. The molecule has 0 spiro atoms. The van der Waals surface area contributed by atoms with Gasteiger partial charge >= 0.3 is 0 Å². The Balaban J connectivity index is 1.80. The van der Waals surface area contributed by atoms with E-state index in [0.717, 1.165) is 23.2 Å². The van der Waals surface area contributed by atoms with Crippen molar-refractivity contribution in [2.75, 3.05) is 0 Å². The van der Waals surface area contributed by atoms with Gasteiger partial charge in [0.05, 0.1) is 5.69 Å². The first kappa shape index (κ1) is 15.9. The van der Waals surface area contributed by atoms with Crippen molar-refractivity contribution in [3.63, 3.8) is 0 Å². The molecule has 3 rings (SSSR count). The molecule has 0 atom stereocenters. The number of hydrogen-bond donors (Lipinski definition) is 0. The van der Waals surface area contributed by atoms with E-state index in [9.17, 15) is 0 Å². The van der Waals surface area contributed by atoms with E-state index in [4.69, 9.17) is 0 Å². The molecule has 0 aliphatic heterocycles. The van der Waals surface area contributed by atoms with E-state index >= 15 is 0 Å². The van der Waals surface area contributed by atoms with Crippen LogP contribution in [0.3, 0.4) is 0 Å².